The fourth-order valence-corrected chi connectivity index (χ4v) is 3.93. The first-order valence-corrected chi connectivity index (χ1v) is 9.50. The molecule has 2 amide bonds. The molecule has 26 heavy (non-hydrogen) atoms. The number of amides is 2. The first kappa shape index (κ1) is 18.8. The summed E-state index contributed by atoms with van der Waals surface area (Å²) >= 11 is 0. The standard InChI is InChI=1S/C19H29N5O2/c1-14-8-15(2)12-24(11-14)18(25)13-22-4-6-23(7-5-22)19(26)17-10-20-16(3)9-21-17/h9-10,14-15H,4-8,11-13H2,1-3H3. The van der Waals surface area contributed by atoms with E-state index in [9.17, 15) is 9.59 Å². The van der Waals surface area contributed by atoms with Gasteiger partial charge in [0.1, 0.15) is 5.69 Å². The van der Waals surface area contributed by atoms with Crippen LogP contribution in [-0.2, 0) is 4.79 Å². The highest BCUT2D eigenvalue weighted by atomic mass is 16.2. The van der Waals surface area contributed by atoms with E-state index in [2.05, 4.69) is 28.7 Å². The molecule has 0 aliphatic carbocycles. The van der Waals surface area contributed by atoms with E-state index in [1.807, 2.05) is 11.8 Å². The summed E-state index contributed by atoms with van der Waals surface area (Å²) in [6.45, 7) is 11.1. The van der Waals surface area contributed by atoms with Crippen molar-refractivity contribution >= 4 is 11.8 Å². The monoisotopic (exact) mass is 359 g/mol. The van der Waals surface area contributed by atoms with E-state index < -0.39 is 0 Å². The summed E-state index contributed by atoms with van der Waals surface area (Å²) in [6, 6.07) is 0. The Morgan fingerprint density at radius 2 is 1.65 bits per heavy atom. The topological polar surface area (TPSA) is 69.6 Å². The SMILES string of the molecule is Cc1cnc(C(=O)N2CCN(CC(=O)N3CC(C)CC(C)C3)CC2)cn1. The van der Waals surface area contributed by atoms with Crippen molar-refractivity contribution in [1.82, 2.24) is 24.7 Å². The number of rotatable bonds is 3. The number of aromatic nitrogens is 2. The number of piperidine rings is 1. The second kappa shape index (κ2) is 8.12. The van der Waals surface area contributed by atoms with Crippen molar-refractivity contribution in [3.05, 3.63) is 23.8 Å². The van der Waals surface area contributed by atoms with Gasteiger partial charge in [-0.2, -0.15) is 0 Å². The molecule has 3 rings (SSSR count). The van der Waals surface area contributed by atoms with Crippen LogP contribution in [0.15, 0.2) is 12.4 Å². The lowest BCUT2D eigenvalue weighted by atomic mass is 9.92. The number of nitrogens with zero attached hydrogens (tertiary/aromatic N) is 5. The molecule has 7 nitrogen and oxygen atoms in total. The van der Waals surface area contributed by atoms with Crippen LogP contribution in [0.25, 0.3) is 0 Å². The third kappa shape index (κ3) is 4.58. The maximum Gasteiger partial charge on any atom is 0.274 e. The molecule has 2 atom stereocenters. The van der Waals surface area contributed by atoms with Crippen LogP contribution in [0.4, 0.5) is 0 Å². The first-order chi connectivity index (χ1) is 12.4. The lowest BCUT2D eigenvalue weighted by Gasteiger charge is -2.38. The second-order valence-corrected chi connectivity index (χ2v) is 7.86. The summed E-state index contributed by atoms with van der Waals surface area (Å²) in [7, 11) is 0. The minimum Gasteiger partial charge on any atom is -0.341 e. The molecule has 7 heteroatoms. The summed E-state index contributed by atoms with van der Waals surface area (Å²) in [5, 5.41) is 0. The zero-order valence-corrected chi connectivity index (χ0v) is 16.0. The third-order valence-corrected chi connectivity index (χ3v) is 5.24. The van der Waals surface area contributed by atoms with Gasteiger partial charge in [0.2, 0.25) is 5.91 Å². The van der Waals surface area contributed by atoms with Crippen molar-refractivity contribution < 1.29 is 9.59 Å². The summed E-state index contributed by atoms with van der Waals surface area (Å²) in [4.78, 5) is 39.4. The van der Waals surface area contributed by atoms with Crippen molar-refractivity contribution in [2.75, 3.05) is 45.8 Å². The van der Waals surface area contributed by atoms with Crippen LogP contribution in [0.5, 0.6) is 0 Å². The van der Waals surface area contributed by atoms with E-state index in [4.69, 9.17) is 0 Å². The number of hydrogen-bond acceptors (Lipinski definition) is 5. The zero-order chi connectivity index (χ0) is 18.7. The Kier molecular flexibility index (Phi) is 5.86. The fourth-order valence-electron chi connectivity index (χ4n) is 3.93. The molecule has 0 spiro atoms. The molecule has 0 aromatic carbocycles. The fraction of sp³-hybridized carbons (Fsp3) is 0.684. The van der Waals surface area contributed by atoms with Gasteiger partial charge in [-0.3, -0.25) is 19.5 Å². The van der Waals surface area contributed by atoms with Gasteiger partial charge in [0, 0.05) is 45.5 Å². The van der Waals surface area contributed by atoms with Gasteiger partial charge in [0.05, 0.1) is 18.4 Å². The largest absolute Gasteiger partial charge is 0.341 e. The molecule has 1 aromatic heterocycles. The molecule has 2 fully saturated rings. The Hall–Kier alpha value is -2.02. The van der Waals surface area contributed by atoms with Crippen molar-refractivity contribution in [1.29, 1.82) is 0 Å². The van der Waals surface area contributed by atoms with Gasteiger partial charge in [-0.05, 0) is 25.2 Å². The molecule has 2 unspecified atom stereocenters. The molecular weight excluding hydrogens is 330 g/mol. The predicted molar refractivity (Wildman–Crippen MR) is 98.6 cm³/mol. The van der Waals surface area contributed by atoms with Gasteiger partial charge >= 0.3 is 0 Å². The quantitative estimate of drug-likeness (QED) is 0.807. The van der Waals surface area contributed by atoms with Gasteiger partial charge in [-0.15, -0.1) is 0 Å². The molecule has 2 saturated heterocycles. The number of hydrogen-bond donors (Lipinski definition) is 0. The summed E-state index contributed by atoms with van der Waals surface area (Å²) in [6.07, 6.45) is 4.35. The number of piperazine rings is 1. The highest BCUT2D eigenvalue weighted by Gasteiger charge is 2.28. The lowest BCUT2D eigenvalue weighted by molar-refractivity contribution is -0.135. The van der Waals surface area contributed by atoms with E-state index in [0.717, 1.165) is 31.9 Å². The van der Waals surface area contributed by atoms with Crippen molar-refractivity contribution in [3.63, 3.8) is 0 Å². The number of aryl methyl sites for hydroxylation is 1. The Bertz CT molecular complexity index is 630. The van der Waals surface area contributed by atoms with Gasteiger partial charge in [-0.1, -0.05) is 13.8 Å². The van der Waals surface area contributed by atoms with Gasteiger partial charge in [0.15, 0.2) is 0 Å². The molecule has 0 bridgehead atoms. The van der Waals surface area contributed by atoms with Gasteiger partial charge in [0.25, 0.3) is 5.91 Å². The molecule has 3 heterocycles. The van der Waals surface area contributed by atoms with E-state index >= 15 is 0 Å². The van der Waals surface area contributed by atoms with Crippen LogP contribution in [-0.4, -0.2) is 82.3 Å². The van der Waals surface area contributed by atoms with E-state index in [0.29, 0.717) is 37.2 Å². The molecule has 2 aliphatic heterocycles. The number of likely N-dealkylation sites (tertiary alicyclic amines) is 1. The van der Waals surface area contributed by atoms with Crippen molar-refractivity contribution in [3.8, 4) is 0 Å². The third-order valence-electron chi connectivity index (χ3n) is 5.24. The zero-order valence-electron chi connectivity index (χ0n) is 16.0. The molecule has 2 aliphatic rings. The minimum absolute atomic E-state index is 0.0813. The molecule has 0 saturated carbocycles. The summed E-state index contributed by atoms with van der Waals surface area (Å²) in [5.41, 5.74) is 1.18. The van der Waals surface area contributed by atoms with Crippen LogP contribution in [0, 0.1) is 18.8 Å². The molecule has 142 valence electrons. The highest BCUT2D eigenvalue weighted by Crippen LogP contribution is 2.21. The van der Waals surface area contributed by atoms with E-state index in [1.165, 1.54) is 12.6 Å². The van der Waals surface area contributed by atoms with Crippen LogP contribution in [0.2, 0.25) is 0 Å². The second-order valence-electron chi connectivity index (χ2n) is 7.86. The predicted octanol–water partition coefficient (Wildman–Crippen LogP) is 1.05. The molecule has 0 radical (unpaired) electrons. The lowest BCUT2D eigenvalue weighted by Crippen LogP contribution is -2.53. The van der Waals surface area contributed by atoms with Gasteiger partial charge in [-0.25, -0.2) is 4.98 Å². The molecule has 1 aromatic rings. The van der Waals surface area contributed by atoms with E-state index in [1.54, 1.807) is 11.1 Å². The smallest absolute Gasteiger partial charge is 0.274 e. The Labute approximate surface area is 155 Å². The van der Waals surface area contributed by atoms with Gasteiger partial charge < -0.3 is 9.80 Å². The molecule has 0 N–H and O–H groups in total. The molecular formula is C19H29N5O2. The van der Waals surface area contributed by atoms with Crippen molar-refractivity contribution in [2.24, 2.45) is 11.8 Å². The number of carbonyl (C=O) groups excluding carboxylic acids is 2. The maximum absolute atomic E-state index is 12.6. The Morgan fingerprint density at radius 3 is 2.23 bits per heavy atom. The highest BCUT2D eigenvalue weighted by molar-refractivity contribution is 5.92. The Morgan fingerprint density at radius 1 is 1.00 bits per heavy atom. The van der Waals surface area contributed by atoms with Crippen LogP contribution in [0.1, 0.15) is 36.5 Å². The first-order valence-electron chi connectivity index (χ1n) is 9.50. The number of carbonyl (C=O) groups is 2. The summed E-state index contributed by atoms with van der Waals surface area (Å²) < 4.78 is 0. The normalized spacial score (nSPS) is 24.6. The van der Waals surface area contributed by atoms with Crippen LogP contribution >= 0.6 is 0 Å². The Balaban J connectivity index is 1.48. The minimum atomic E-state index is -0.0813. The summed E-state index contributed by atoms with van der Waals surface area (Å²) in [5.74, 6) is 1.29. The maximum atomic E-state index is 12.6. The average Bonchev–Trinajstić information content (AvgIpc) is 2.61. The van der Waals surface area contributed by atoms with Crippen LogP contribution < -0.4 is 0 Å². The van der Waals surface area contributed by atoms with Crippen molar-refractivity contribution in [2.45, 2.75) is 27.2 Å². The van der Waals surface area contributed by atoms with E-state index in [-0.39, 0.29) is 11.8 Å². The van der Waals surface area contributed by atoms with Crippen LogP contribution in [0.3, 0.4) is 0 Å². The average molecular weight is 359 g/mol.